The second-order valence-corrected chi connectivity index (χ2v) is 9.86. The van der Waals surface area contributed by atoms with Crippen molar-refractivity contribution >= 4 is 11.6 Å². The molecule has 4 rings (SSSR count). The molecule has 1 fully saturated rings. The molecule has 1 aliphatic heterocycles. The summed E-state index contributed by atoms with van der Waals surface area (Å²) in [7, 11) is 0. The molecule has 1 amide bonds. The number of likely N-dealkylation sites (tertiary alicyclic amines) is 1. The van der Waals surface area contributed by atoms with Gasteiger partial charge in [0, 0.05) is 55.3 Å². The quantitative estimate of drug-likeness (QED) is 0.296. The number of nitro groups is 1. The van der Waals surface area contributed by atoms with E-state index in [9.17, 15) is 19.3 Å². The van der Waals surface area contributed by atoms with Crippen LogP contribution in [0.5, 0.6) is 0 Å². The van der Waals surface area contributed by atoms with Gasteiger partial charge in [-0.25, -0.2) is 4.39 Å². The van der Waals surface area contributed by atoms with Gasteiger partial charge < -0.3 is 4.90 Å². The topological polar surface area (TPSA) is 66.7 Å². The van der Waals surface area contributed by atoms with Crippen molar-refractivity contribution in [3.8, 4) is 0 Å². The zero-order valence-corrected chi connectivity index (χ0v) is 20.9. The number of amides is 1. The fourth-order valence-electron chi connectivity index (χ4n) is 5.23. The predicted molar refractivity (Wildman–Crippen MR) is 138 cm³/mol. The highest BCUT2D eigenvalue weighted by molar-refractivity contribution is 5.94. The van der Waals surface area contributed by atoms with Crippen molar-refractivity contribution < 1.29 is 14.1 Å². The summed E-state index contributed by atoms with van der Waals surface area (Å²) < 4.78 is 13.4. The molecule has 0 radical (unpaired) electrons. The van der Waals surface area contributed by atoms with E-state index in [1.807, 2.05) is 43.0 Å². The fraction of sp³-hybridized carbons (Fsp3) is 0.345. The number of rotatable bonds is 8. The molecule has 3 aromatic rings. The number of nitro benzene ring substituents is 1. The largest absolute Gasteiger partial charge is 0.336 e. The van der Waals surface area contributed by atoms with Crippen LogP contribution in [0, 0.1) is 28.8 Å². The molecule has 0 bridgehead atoms. The van der Waals surface area contributed by atoms with E-state index < -0.39 is 0 Å². The lowest BCUT2D eigenvalue weighted by molar-refractivity contribution is -0.385. The fourth-order valence-corrected chi connectivity index (χ4v) is 5.23. The summed E-state index contributed by atoms with van der Waals surface area (Å²) in [6.07, 6.45) is 0. The summed E-state index contributed by atoms with van der Waals surface area (Å²) in [5.41, 5.74) is 3.72. The number of benzene rings is 3. The minimum Gasteiger partial charge on any atom is -0.336 e. The lowest BCUT2D eigenvalue weighted by Crippen LogP contribution is -2.42. The molecule has 0 saturated carbocycles. The van der Waals surface area contributed by atoms with Crippen molar-refractivity contribution in [2.45, 2.75) is 39.3 Å². The molecule has 7 heteroatoms. The van der Waals surface area contributed by atoms with Crippen LogP contribution in [0.1, 0.15) is 46.8 Å². The van der Waals surface area contributed by atoms with Gasteiger partial charge in [-0.05, 0) is 62.1 Å². The van der Waals surface area contributed by atoms with Crippen molar-refractivity contribution in [2.24, 2.45) is 5.92 Å². The van der Waals surface area contributed by atoms with Crippen LogP contribution in [0.15, 0.2) is 72.8 Å². The standard InChI is InChI=1S/C29H32FN3O3/c1-20(2)32(29(34)22-12-14-25(30)15-13-22)18-24-17-31(16-23-9-5-7-11-28(23)33(35)36)19-27(24)26-10-6-4-8-21(26)3/h4-15,20,24,27H,16-19H2,1-3H3. The Bertz CT molecular complexity index is 1230. The molecule has 36 heavy (non-hydrogen) atoms. The number of halogens is 1. The lowest BCUT2D eigenvalue weighted by atomic mass is 9.86. The van der Waals surface area contributed by atoms with E-state index in [1.165, 1.54) is 35.4 Å². The molecular formula is C29H32FN3O3. The molecule has 1 aliphatic rings. The average molecular weight is 490 g/mol. The zero-order chi connectivity index (χ0) is 25.8. The number of nitrogens with zero attached hydrogens (tertiary/aromatic N) is 3. The monoisotopic (exact) mass is 489 g/mol. The number of hydrogen-bond donors (Lipinski definition) is 0. The maximum absolute atomic E-state index is 13.4. The summed E-state index contributed by atoms with van der Waals surface area (Å²) in [4.78, 5) is 28.7. The van der Waals surface area contributed by atoms with E-state index in [0.29, 0.717) is 30.8 Å². The summed E-state index contributed by atoms with van der Waals surface area (Å²) in [6.45, 7) is 8.56. The Morgan fingerprint density at radius 1 is 1.06 bits per heavy atom. The molecule has 188 valence electrons. The maximum atomic E-state index is 13.4. The third kappa shape index (κ3) is 5.62. The number of carbonyl (C=O) groups excluding carboxylic acids is 1. The second kappa shape index (κ2) is 11.0. The van der Waals surface area contributed by atoms with Crippen molar-refractivity contribution in [1.82, 2.24) is 9.80 Å². The molecule has 3 aromatic carbocycles. The Hall–Kier alpha value is -3.58. The number of aryl methyl sites for hydroxylation is 1. The van der Waals surface area contributed by atoms with Crippen molar-refractivity contribution in [2.75, 3.05) is 19.6 Å². The van der Waals surface area contributed by atoms with Gasteiger partial charge in [-0.15, -0.1) is 0 Å². The summed E-state index contributed by atoms with van der Waals surface area (Å²) >= 11 is 0. The average Bonchev–Trinajstić information content (AvgIpc) is 3.24. The molecule has 0 aliphatic carbocycles. The third-order valence-electron chi connectivity index (χ3n) is 7.09. The first-order valence-electron chi connectivity index (χ1n) is 12.3. The third-order valence-corrected chi connectivity index (χ3v) is 7.09. The smallest absolute Gasteiger partial charge is 0.273 e. The Labute approximate surface area is 211 Å². The van der Waals surface area contributed by atoms with Gasteiger partial charge in [-0.2, -0.15) is 0 Å². The molecule has 0 N–H and O–H groups in total. The van der Waals surface area contributed by atoms with Crippen LogP contribution in [-0.4, -0.2) is 46.3 Å². The van der Waals surface area contributed by atoms with Crippen molar-refractivity contribution in [3.63, 3.8) is 0 Å². The highest BCUT2D eigenvalue weighted by Crippen LogP contribution is 2.37. The van der Waals surface area contributed by atoms with E-state index in [-0.39, 0.29) is 40.2 Å². The number of hydrogen-bond acceptors (Lipinski definition) is 4. The number of carbonyl (C=O) groups is 1. The van der Waals surface area contributed by atoms with Crippen LogP contribution in [0.25, 0.3) is 0 Å². The molecule has 6 nitrogen and oxygen atoms in total. The molecule has 1 heterocycles. The van der Waals surface area contributed by atoms with Gasteiger partial charge in [-0.1, -0.05) is 42.5 Å². The van der Waals surface area contributed by atoms with Crippen LogP contribution in [0.2, 0.25) is 0 Å². The van der Waals surface area contributed by atoms with Crippen LogP contribution in [-0.2, 0) is 6.54 Å². The molecule has 2 unspecified atom stereocenters. The summed E-state index contributed by atoms with van der Waals surface area (Å²) in [5.74, 6) is -0.175. The van der Waals surface area contributed by atoms with Gasteiger partial charge in [0.2, 0.25) is 0 Å². The molecular weight excluding hydrogens is 457 g/mol. The molecule has 1 saturated heterocycles. The van der Waals surface area contributed by atoms with Crippen molar-refractivity contribution in [3.05, 3.63) is 111 Å². The van der Waals surface area contributed by atoms with Gasteiger partial charge in [-0.3, -0.25) is 19.8 Å². The van der Waals surface area contributed by atoms with E-state index in [4.69, 9.17) is 0 Å². The minimum atomic E-state index is -0.372. The SMILES string of the molecule is Cc1ccccc1C1CN(Cc2ccccc2[N+](=O)[O-])CC1CN(C(=O)c1ccc(F)cc1)C(C)C. The van der Waals surface area contributed by atoms with Gasteiger partial charge in [0.1, 0.15) is 5.82 Å². The summed E-state index contributed by atoms with van der Waals surface area (Å²) in [5, 5.41) is 11.6. The second-order valence-electron chi connectivity index (χ2n) is 9.86. The van der Waals surface area contributed by atoms with Gasteiger partial charge in [0.15, 0.2) is 0 Å². The van der Waals surface area contributed by atoms with E-state index in [0.717, 1.165) is 6.54 Å². The first-order chi connectivity index (χ1) is 17.2. The van der Waals surface area contributed by atoms with Gasteiger partial charge >= 0.3 is 0 Å². The van der Waals surface area contributed by atoms with Crippen LogP contribution in [0.4, 0.5) is 10.1 Å². The Balaban J connectivity index is 1.62. The minimum absolute atomic E-state index is 0.0377. The molecule has 0 spiro atoms. The Morgan fingerprint density at radius 3 is 2.39 bits per heavy atom. The first-order valence-corrected chi connectivity index (χ1v) is 12.3. The van der Waals surface area contributed by atoms with Gasteiger partial charge in [0.25, 0.3) is 11.6 Å². The van der Waals surface area contributed by atoms with E-state index in [2.05, 4.69) is 24.0 Å². The van der Waals surface area contributed by atoms with Crippen LogP contribution >= 0.6 is 0 Å². The van der Waals surface area contributed by atoms with Crippen LogP contribution < -0.4 is 0 Å². The van der Waals surface area contributed by atoms with Gasteiger partial charge in [0.05, 0.1) is 4.92 Å². The maximum Gasteiger partial charge on any atom is 0.273 e. The normalized spacial score (nSPS) is 17.9. The Kier molecular flexibility index (Phi) is 7.79. The highest BCUT2D eigenvalue weighted by atomic mass is 19.1. The van der Waals surface area contributed by atoms with Crippen LogP contribution in [0.3, 0.4) is 0 Å². The first kappa shape index (κ1) is 25.5. The highest BCUT2D eigenvalue weighted by Gasteiger charge is 2.37. The molecule has 0 aromatic heterocycles. The molecule has 2 atom stereocenters. The van der Waals surface area contributed by atoms with E-state index in [1.54, 1.807) is 12.1 Å². The summed E-state index contributed by atoms with van der Waals surface area (Å²) in [6, 6.07) is 20.8. The Morgan fingerprint density at radius 2 is 1.72 bits per heavy atom. The number of para-hydroxylation sites is 1. The van der Waals surface area contributed by atoms with E-state index >= 15 is 0 Å². The van der Waals surface area contributed by atoms with Crippen molar-refractivity contribution in [1.29, 1.82) is 0 Å². The lowest BCUT2D eigenvalue weighted by Gasteiger charge is -2.32. The zero-order valence-electron chi connectivity index (χ0n) is 20.9. The predicted octanol–water partition coefficient (Wildman–Crippen LogP) is 5.81.